The molecular weight excluding hydrogens is 280 g/mol. The number of halogens is 1. The summed E-state index contributed by atoms with van der Waals surface area (Å²) in [6.07, 6.45) is 2.25. The summed E-state index contributed by atoms with van der Waals surface area (Å²) in [6.45, 7) is 1.99. The molecule has 1 amide bonds. The van der Waals surface area contributed by atoms with Gasteiger partial charge in [0.05, 0.1) is 5.92 Å². The van der Waals surface area contributed by atoms with Gasteiger partial charge in [-0.1, -0.05) is 18.2 Å². The number of thioether (sulfide) groups is 1. The van der Waals surface area contributed by atoms with E-state index >= 15 is 0 Å². The second-order valence-electron chi connectivity index (χ2n) is 4.95. The Labute approximate surface area is 124 Å². The van der Waals surface area contributed by atoms with E-state index in [4.69, 9.17) is 0 Å². The molecule has 0 aliphatic carbocycles. The number of rotatable bonds is 2. The van der Waals surface area contributed by atoms with Crippen molar-refractivity contribution < 1.29 is 4.79 Å². The van der Waals surface area contributed by atoms with Crippen LogP contribution in [0.15, 0.2) is 29.2 Å². The number of amides is 1. The maximum absolute atomic E-state index is 12.3. The molecule has 0 aromatic heterocycles. The van der Waals surface area contributed by atoms with Crippen molar-refractivity contribution in [3.05, 3.63) is 29.8 Å². The van der Waals surface area contributed by atoms with Gasteiger partial charge in [0.1, 0.15) is 0 Å². The van der Waals surface area contributed by atoms with Gasteiger partial charge in [-0.25, -0.2) is 0 Å². The molecule has 1 aromatic rings. The molecule has 0 spiro atoms. The zero-order valence-electron chi connectivity index (χ0n) is 10.7. The van der Waals surface area contributed by atoms with Crippen LogP contribution in [0.25, 0.3) is 0 Å². The lowest BCUT2D eigenvalue weighted by Gasteiger charge is -2.25. The zero-order chi connectivity index (χ0) is 12.4. The topological polar surface area (TPSA) is 41.1 Å². The van der Waals surface area contributed by atoms with Gasteiger partial charge in [-0.05, 0) is 31.0 Å². The number of carbonyl (C=O) groups is 1. The minimum Gasteiger partial charge on any atom is -0.352 e. The van der Waals surface area contributed by atoms with E-state index in [0.717, 1.165) is 31.7 Å². The van der Waals surface area contributed by atoms with Gasteiger partial charge < -0.3 is 10.6 Å². The normalized spacial score (nSPS) is 25.3. The summed E-state index contributed by atoms with van der Waals surface area (Å²) in [5.41, 5.74) is 1.20. The lowest BCUT2D eigenvalue weighted by molar-refractivity contribution is -0.122. The van der Waals surface area contributed by atoms with Gasteiger partial charge in [0, 0.05) is 23.2 Å². The van der Waals surface area contributed by atoms with Crippen molar-refractivity contribution >= 4 is 30.1 Å². The van der Waals surface area contributed by atoms with E-state index in [0.29, 0.717) is 6.04 Å². The molecular formula is C14H19ClN2OS. The molecule has 1 saturated heterocycles. The van der Waals surface area contributed by atoms with E-state index in [1.807, 2.05) is 12.1 Å². The number of benzene rings is 1. The third-order valence-corrected chi connectivity index (χ3v) is 4.84. The minimum atomic E-state index is 0. The van der Waals surface area contributed by atoms with Crippen molar-refractivity contribution in [2.45, 2.75) is 29.7 Å². The molecule has 19 heavy (non-hydrogen) atoms. The Balaban J connectivity index is 0.00000133. The first-order chi connectivity index (χ1) is 8.84. The molecule has 0 radical (unpaired) electrons. The summed E-state index contributed by atoms with van der Waals surface area (Å²) in [6, 6.07) is 8.56. The highest BCUT2D eigenvalue weighted by atomic mass is 35.5. The average Bonchev–Trinajstić information content (AvgIpc) is 2.84. The second kappa shape index (κ2) is 6.64. The van der Waals surface area contributed by atoms with E-state index in [2.05, 4.69) is 22.8 Å². The van der Waals surface area contributed by atoms with E-state index in [9.17, 15) is 4.79 Å². The lowest BCUT2D eigenvalue weighted by atomic mass is 9.99. The van der Waals surface area contributed by atoms with Crippen LogP contribution in [0.3, 0.4) is 0 Å². The summed E-state index contributed by atoms with van der Waals surface area (Å²) in [5.74, 6) is 1.11. The molecule has 0 saturated carbocycles. The maximum atomic E-state index is 12.3. The Morgan fingerprint density at radius 1 is 1.37 bits per heavy atom. The van der Waals surface area contributed by atoms with Gasteiger partial charge in [0.15, 0.2) is 0 Å². The molecule has 104 valence electrons. The Kier molecular flexibility index (Phi) is 5.13. The first-order valence-electron chi connectivity index (χ1n) is 6.57. The van der Waals surface area contributed by atoms with Crippen LogP contribution in [-0.4, -0.2) is 30.8 Å². The zero-order valence-corrected chi connectivity index (χ0v) is 12.4. The van der Waals surface area contributed by atoms with Crippen LogP contribution in [0.2, 0.25) is 0 Å². The van der Waals surface area contributed by atoms with Crippen molar-refractivity contribution in [3.8, 4) is 0 Å². The number of hydrogen-bond acceptors (Lipinski definition) is 3. The maximum Gasteiger partial charge on any atom is 0.228 e. The standard InChI is InChI=1S/C14H18N2OS.ClH/c17-14(16-10-4-3-7-15-8-10)12-9-18-13-6-2-1-5-11(12)13;/h1-2,5-6,10,12,15H,3-4,7-9H2,(H,16,17);1H. The van der Waals surface area contributed by atoms with Gasteiger partial charge >= 0.3 is 0 Å². The fraction of sp³-hybridized carbons (Fsp3) is 0.500. The molecule has 1 fully saturated rings. The molecule has 3 rings (SSSR count). The van der Waals surface area contributed by atoms with E-state index < -0.39 is 0 Å². The summed E-state index contributed by atoms with van der Waals surface area (Å²) >= 11 is 1.79. The first kappa shape index (κ1) is 14.7. The molecule has 1 aromatic carbocycles. The van der Waals surface area contributed by atoms with Gasteiger partial charge in [-0.3, -0.25) is 4.79 Å². The fourth-order valence-corrected chi connectivity index (χ4v) is 3.89. The number of hydrogen-bond donors (Lipinski definition) is 2. The minimum absolute atomic E-state index is 0. The number of fused-ring (bicyclic) bond motifs is 1. The van der Waals surface area contributed by atoms with Crippen LogP contribution in [0, 0.1) is 0 Å². The molecule has 2 heterocycles. The third-order valence-electron chi connectivity index (χ3n) is 3.66. The summed E-state index contributed by atoms with van der Waals surface area (Å²) in [5, 5.41) is 6.52. The van der Waals surface area contributed by atoms with Crippen molar-refractivity contribution in [1.82, 2.24) is 10.6 Å². The van der Waals surface area contributed by atoms with Crippen LogP contribution < -0.4 is 10.6 Å². The van der Waals surface area contributed by atoms with Gasteiger partial charge in [-0.2, -0.15) is 0 Å². The molecule has 2 unspecified atom stereocenters. The van der Waals surface area contributed by atoms with Crippen LogP contribution >= 0.6 is 24.2 Å². The first-order valence-corrected chi connectivity index (χ1v) is 7.56. The Hall–Kier alpha value is -0.710. The fourth-order valence-electron chi connectivity index (χ4n) is 2.66. The third kappa shape index (κ3) is 3.25. The van der Waals surface area contributed by atoms with E-state index in [1.165, 1.54) is 10.5 Å². The predicted molar refractivity (Wildman–Crippen MR) is 81.2 cm³/mol. The Morgan fingerprint density at radius 3 is 3.00 bits per heavy atom. The SMILES string of the molecule is Cl.O=C(NC1CCCNC1)C1CSc2ccccc21. The largest absolute Gasteiger partial charge is 0.352 e. The highest BCUT2D eigenvalue weighted by Gasteiger charge is 2.30. The molecule has 2 atom stereocenters. The summed E-state index contributed by atoms with van der Waals surface area (Å²) < 4.78 is 0. The van der Waals surface area contributed by atoms with Crippen molar-refractivity contribution in [3.63, 3.8) is 0 Å². The highest BCUT2D eigenvalue weighted by Crippen LogP contribution is 2.39. The van der Waals surface area contributed by atoms with Crippen LogP contribution in [0.5, 0.6) is 0 Å². The van der Waals surface area contributed by atoms with Crippen molar-refractivity contribution in [2.24, 2.45) is 0 Å². The number of carbonyl (C=O) groups excluding carboxylic acids is 1. The quantitative estimate of drug-likeness (QED) is 0.879. The van der Waals surface area contributed by atoms with Gasteiger partial charge in [-0.15, -0.1) is 24.2 Å². The van der Waals surface area contributed by atoms with E-state index in [1.54, 1.807) is 11.8 Å². The molecule has 3 nitrogen and oxygen atoms in total. The van der Waals surface area contributed by atoms with Crippen LogP contribution in [-0.2, 0) is 4.79 Å². The second-order valence-corrected chi connectivity index (χ2v) is 6.02. The van der Waals surface area contributed by atoms with Crippen molar-refractivity contribution in [1.29, 1.82) is 0 Å². The molecule has 2 aliphatic rings. The van der Waals surface area contributed by atoms with Crippen molar-refractivity contribution in [2.75, 3.05) is 18.8 Å². The predicted octanol–water partition coefficient (Wildman–Crippen LogP) is 2.17. The summed E-state index contributed by atoms with van der Waals surface area (Å²) in [4.78, 5) is 13.6. The number of piperidine rings is 1. The van der Waals surface area contributed by atoms with Crippen LogP contribution in [0.4, 0.5) is 0 Å². The summed E-state index contributed by atoms with van der Waals surface area (Å²) in [7, 11) is 0. The highest BCUT2D eigenvalue weighted by molar-refractivity contribution is 7.99. The lowest BCUT2D eigenvalue weighted by Crippen LogP contribution is -2.47. The molecule has 5 heteroatoms. The molecule has 2 N–H and O–H groups in total. The molecule has 0 bridgehead atoms. The molecule has 2 aliphatic heterocycles. The monoisotopic (exact) mass is 298 g/mol. The Bertz CT molecular complexity index is 449. The number of nitrogens with one attached hydrogen (secondary N) is 2. The van der Waals surface area contributed by atoms with Gasteiger partial charge in [0.25, 0.3) is 0 Å². The Morgan fingerprint density at radius 2 is 2.21 bits per heavy atom. The smallest absolute Gasteiger partial charge is 0.228 e. The van der Waals surface area contributed by atoms with Crippen LogP contribution in [0.1, 0.15) is 24.3 Å². The van der Waals surface area contributed by atoms with E-state index in [-0.39, 0.29) is 24.2 Å². The van der Waals surface area contributed by atoms with Gasteiger partial charge in [0.2, 0.25) is 5.91 Å². The average molecular weight is 299 g/mol.